The van der Waals surface area contributed by atoms with Gasteiger partial charge in [-0.05, 0) is 56.0 Å². The molecule has 2 aromatic rings. The number of piperidine rings is 2. The molecule has 0 radical (unpaired) electrons. The lowest BCUT2D eigenvalue weighted by atomic mass is 10.1. The average molecular weight is 415 g/mol. The minimum absolute atomic E-state index is 0.101. The number of aliphatic hydroxyl groups is 1. The maximum absolute atomic E-state index is 13.7. The molecule has 30 heavy (non-hydrogen) atoms. The molecule has 1 unspecified atom stereocenters. The topological polar surface area (TPSA) is 94.8 Å². The van der Waals surface area contributed by atoms with Gasteiger partial charge in [-0.15, -0.1) is 0 Å². The maximum atomic E-state index is 13.7. The summed E-state index contributed by atoms with van der Waals surface area (Å²) in [4.78, 5) is 19.5. The third-order valence-electron chi connectivity index (χ3n) is 5.70. The lowest BCUT2D eigenvalue weighted by molar-refractivity contribution is -0.384. The second-order valence-electron chi connectivity index (χ2n) is 7.87. The van der Waals surface area contributed by atoms with E-state index in [9.17, 15) is 19.6 Å². The summed E-state index contributed by atoms with van der Waals surface area (Å²) in [5.41, 5.74) is 1.51. The molecule has 0 amide bonds. The number of alkyl halides is 1. The Morgan fingerprint density at radius 1 is 1.07 bits per heavy atom. The molecule has 0 spiro atoms. The van der Waals surface area contributed by atoms with Crippen LogP contribution >= 0.6 is 0 Å². The van der Waals surface area contributed by atoms with E-state index >= 15 is 0 Å². The van der Waals surface area contributed by atoms with Gasteiger partial charge in [-0.25, -0.2) is 9.37 Å². The smallest absolute Gasteiger partial charge is 0.311 e. The number of benzene rings is 1. The van der Waals surface area contributed by atoms with E-state index in [0.717, 1.165) is 18.7 Å². The molecule has 9 heteroatoms. The molecule has 2 saturated heterocycles. The van der Waals surface area contributed by atoms with Gasteiger partial charge in [0.2, 0.25) is 5.82 Å². The number of hydrogen-bond donors (Lipinski definition) is 2. The van der Waals surface area contributed by atoms with Crippen molar-refractivity contribution in [3.05, 3.63) is 46.5 Å². The Bertz CT molecular complexity index is 887. The van der Waals surface area contributed by atoms with Crippen LogP contribution in [-0.2, 0) is 0 Å². The predicted octanol–water partition coefficient (Wildman–Crippen LogP) is 3.63. The molecule has 0 aliphatic carbocycles. The summed E-state index contributed by atoms with van der Waals surface area (Å²) in [6.07, 6.45) is 1.64. The number of nitro groups is 1. The van der Waals surface area contributed by atoms with Crippen LogP contribution in [0.2, 0.25) is 0 Å². The molecule has 2 aliphatic rings. The van der Waals surface area contributed by atoms with Crippen LogP contribution in [-0.4, -0.2) is 53.5 Å². The molecule has 2 fully saturated rings. The lowest BCUT2D eigenvalue weighted by Gasteiger charge is -2.31. The van der Waals surface area contributed by atoms with Crippen LogP contribution in [0.5, 0.6) is 0 Å². The van der Waals surface area contributed by atoms with E-state index in [1.807, 2.05) is 34.1 Å². The molecular formula is C21H26FN5O3. The summed E-state index contributed by atoms with van der Waals surface area (Å²) in [5, 5.41) is 24.2. The highest BCUT2D eigenvalue weighted by atomic mass is 19.1. The Morgan fingerprint density at radius 3 is 2.47 bits per heavy atom. The second-order valence-corrected chi connectivity index (χ2v) is 7.87. The van der Waals surface area contributed by atoms with E-state index in [4.69, 9.17) is 0 Å². The van der Waals surface area contributed by atoms with Gasteiger partial charge in [-0.3, -0.25) is 10.1 Å². The SMILES string of the molecule is O=[N+]([O-])c1ccc(N2CCC(O)CC2)nc1Nc1ccc(N2CCCC(F)C2)cc1. The van der Waals surface area contributed by atoms with Gasteiger partial charge in [0.1, 0.15) is 12.0 Å². The first-order valence-electron chi connectivity index (χ1n) is 10.3. The summed E-state index contributed by atoms with van der Waals surface area (Å²) >= 11 is 0. The maximum Gasteiger partial charge on any atom is 0.311 e. The van der Waals surface area contributed by atoms with Gasteiger partial charge in [-0.2, -0.15) is 0 Å². The molecule has 1 aromatic heterocycles. The van der Waals surface area contributed by atoms with E-state index in [1.165, 1.54) is 6.07 Å². The molecule has 0 saturated carbocycles. The average Bonchev–Trinajstić information content (AvgIpc) is 2.74. The Kier molecular flexibility index (Phi) is 5.98. The molecule has 4 rings (SSSR count). The Labute approximate surface area is 174 Å². The standard InChI is InChI=1S/C21H26FN5O3/c22-15-2-1-11-26(14-15)17-5-3-16(4-6-17)23-21-19(27(29)30)7-8-20(24-21)25-12-9-18(28)10-13-25/h3-8,15,18,28H,1-2,9-14H2,(H,23,24). The first-order chi connectivity index (χ1) is 14.5. The number of aliphatic hydroxyl groups excluding tert-OH is 1. The fraction of sp³-hybridized carbons (Fsp3) is 0.476. The molecule has 2 N–H and O–H groups in total. The fourth-order valence-electron chi connectivity index (χ4n) is 4.00. The van der Waals surface area contributed by atoms with E-state index in [1.54, 1.807) is 6.07 Å². The Morgan fingerprint density at radius 2 is 1.80 bits per heavy atom. The van der Waals surface area contributed by atoms with E-state index in [0.29, 0.717) is 50.4 Å². The monoisotopic (exact) mass is 415 g/mol. The van der Waals surface area contributed by atoms with Crippen molar-refractivity contribution in [2.75, 3.05) is 41.3 Å². The van der Waals surface area contributed by atoms with Gasteiger partial charge in [0.25, 0.3) is 0 Å². The van der Waals surface area contributed by atoms with Crippen LogP contribution < -0.4 is 15.1 Å². The van der Waals surface area contributed by atoms with Gasteiger partial charge in [0.15, 0.2) is 0 Å². The zero-order valence-electron chi connectivity index (χ0n) is 16.7. The van der Waals surface area contributed by atoms with Gasteiger partial charge in [-0.1, -0.05) is 0 Å². The third-order valence-corrected chi connectivity index (χ3v) is 5.70. The molecule has 1 aromatic carbocycles. The summed E-state index contributed by atoms with van der Waals surface area (Å²) < 4.78 is 13.7. The molecule has 0 bridgehead atoms. The van der Waals surface area contributed by atoms with E-state index < -0.39 is 11.1 Å². The largest absolute Gasteiger partial charge is 0.393 e. The number of halogens is 1. The van der Waals surface area contributed by atoms with Crippen LogP contribution in [0.25, 0.3) is 0 Å². The number of nitrogens with one attached hydrogen (secondary N) is 1. The number of rotatable bonds is 5. The van der Waals surface area contributed by atoms with Crippen LogP contribution in [0, 0.1) is 10.1 Å². The minimum atomic E-state index is -0.804. The minimum Gasteiger partial charge on any atom is -0.393 e. The number of nitrogens with zero attached hydrogens (tertiary/aromatic N) is 4. The zero-order valence-corrected chi connectivity index (χ0v) is 16.7. The van der Waals surface area contributed by atoms with E-state index in [-0.39, 0.29) is 17.6 Å². The van der Waals surface area contributed by atoms with Crippen molar-refractivity contribution >= 4 is 28.7 Å². The third kappa shape index (κ3) is 4.62. The normalized spacial score (nSPS) is 20.3. The molecular weight excluding hydrogens is 389 g/mol. The molecule has 160 valence electrons. The predicted molar refractivity (Wildman–Crippen MR) is 114 cm³/mol. The van der Waals surface area contributed by atoms with Gasteiger partial charge in [0, 0.05) is 43.6 Å². The number of hydrogen-bond acceptors (Lipinski definition) is 7. The number of aromatic nitrogens is 1. The molecule has 8 nitrogen and oxygen atoms in total. The first-order valence-corrected chi connectivity index (χ1v) is 10.3. The van der Waals surface area contributed by atoms with Crippen molar-refractivity contribution < 1.29 is 14.4 Å². The van der Waals surface area contributed by atoms with Crippen LogP contribution in [0.1, 0.15) is 25.7 Å². The summed E-state index contributed by atoms with van der Waals surface area (Å²) in [6.45, 7) is 2.54. The lowest BCUT2D eigenvalue weighted by Crippen LogP contribution is -2.36. The number of pyridine rings is 1. The van der Waals surface area contributed by atoms with Crippen molar-refractivity contribution in [2.24, 2.45) is 0 Å². The van der Waals surface area contributed by atoms with Gasteiger partial charge >= 0.3 is 5.69 Å². The highest BCUT2D eigenvalue weighted by molar-refractivity contribution is 5.69. The van der Waals surface area contributed by atoms with Crippen LogP contribution in [0.3, 0.4) is 0 Å². The highest BCUT2D eigenvalue weighted by Crippen LogP contribution is 2.31. The van der Waals surface area contributed by atoms with Crippen molar-refractivity contribution in [1.82, 2.24) is 4.98 Å². The first kappa shape index (κ1) is 20.3. The van der Waals surface area contributed by atoms with Gasteiger partial charge < -0.3 is 20.2 Å². The Hall–Kier alpha value is -2.94. The quantitative estimate of drug-likeness (QED) is 0.569. The van der Waals surface area contributed by atoms with Crippen molar-refractivity contribution in [1.29, 1.82) is 0 Å². The van der Waals surface area contributed by atoms with Crippen molar-refractivity contribution in [3.63, 3.8) is 0 Å². The fourth-order valence-corrected chi connectivity index (χ4v) is 4.00. The van der Waals surface area contributed by atoms with Crippen molar-refractivity contribution in [3.8, 4) is 0 Å². The van der Waals surface area contributed by atoms with Crippen LogP contribution in [0.4, 0.5) is 33.1 Å². The van der Waals surface area contributed by atoms with Crippen LogP contribution in [0.15, 0.2) is 36.4 Å². The summed E-state index contributed by atoms with van der Waals surface area (Å²) in [6, 6.07) is 10.5. The summed E-state index contributed by atoms with van der Waals surface area (Å²) in [5.74, 6) is 0.826. The number of anilines is 4. The zero-order chi connectivity index (χ0) is 21.1. The molecule has 1 atom stereocenters. The Balaban J connectivity index is 1.52. The highest BCUT2D eigenvalue weighted by Gasteiger charge is 2.23. The summed E-state index contributed by atoms with van der Waals surface area (Å²) in [7, 11) is 0. The van der Waals surface area contributed by atoms with Crippen molar-refractivity contribution in [2.45, 2.75) is 38.0 Å². The van der Waals surface area contributed by atoms with E-state index in [2.05, 4.69) is 10.3 Å². The molecule has 2 aliphatic heterocycles. The van der Waals surface area contributed by atoms with Gasteiger partial charge in [0.05, 0.1) is 11.0 Å². The second kappa shape index (κ2) is 8.83. The molecule has 3 heterocycles.